The molecule has 1 aromatic carbocycles. The Labute approximate surface area is 217 Å². The Morgan fingerprint density at radius 1 is 1.00 bits per heavy atom. The van der Waals surface area contributed by atoms with Gasteiger partial charge in [-0.1, -0.05) is 18.2 Å². The van der Waals surface area contributed by atoms with Crippen molar-refractivity contribution in [3.8, 4) is 0 Å². The number of aromatic nitrogens is 4. The van der Waals surface area contributed by atoms with Gasteiger partial charge < -0.3 is 0 Å². The van der Waals surface area contributed by atoms with Crippen molar-refractivity contribution in [2.75, 3.05) is 0 Å². The Morgan fingerprint density at radius 2 is 1.74 bits per heavy atom. The molecule has 0 aliphatic heterocycles. The van der Waals surface area contributed by atoms with E-state index < -0.39 is 12.6 Å². The van der Waals surface area contributed by atoms with Crippen LogP contribution in [-0.2, 0) is 13.0 Å². The molecule has 3 heterocycles. The van der Waals surface area contributed by atoms with E-state index in [4.69, 9.17) is 0 Å². The third-order valence-electron chi connectivity index (χ3n) is 7.47. The molecule has 0 spiro atoms. The van der Waals surface area contributed by atoms with Gasteiger partial charge in [0, 0.05) is 18.0 Å². The molecule has 0 amide bonds. The lowest BCUT2D eigenvalue weighted by Gasteiger charge is -2.30. The average molecular weight is 525 g/mol. The van der Waals surface area contributed by atoms with Crippen LogP contribution >= 0.6 is 0 Å². The molecule has 5 rings (SSSR count). The summed E-state index contributed by atoms with van der Waals surface area (Å²) >= 11 is 0. The summed E-state index contributed by atoms with van der Waals surface area (Å²) < 4.78 is 55.6. The Morgan fingerprint density at radius 3 is 2.45 bits per heavy atom. The molecule has 9 heteroatoms. The first-order chi connectivity index (χ1) is 18.1. The lowest BCUT2D eigenvalue weighted by atomic mass is 9.75. The Kier molecular flexibility index (Phi) is 7.03. The zero-order valence-electron chi connectivity index (χ0n) is 21.2. The van der Waals surface area contributed by atoms with Gasteiger partial charge in [-0.15, -0.1) is 0 Å². The van der Waals surface area contributed by atoms with E-state index in [1.165, 1.54) is 29.0 Å². The molecule has 0 unspecified atom stereocenters. The molecule has 4 aromatic rings. The number of alkyl halides is 3. The van der Waals surface area contributed by atoms with E-state index in [0.717, 1.165) is 24.0 Å². The van der Waals surface area contributed by atoms with Crippen LogP contribution in [0, 0.1) is 19.7 Å². The maximum absolute atomic E-state index is 14.6. The van der Waals surface area contributed by atoms with Crippen LogP contribution in [-0.4, -0.2) is 25.7 Å². The summed E-state index contributed by atoms with van der Waals surface area (Å²) in [5.74, 6) is -0.184. The summed E-state index contributed by atoms with van der Waals surface area (Å²) in [5.41, 5.74) is 3.55. The number of hydrogen-bond acceptors (Lipinski definition) is 4. The standard InChI is InChI=1S/C29H28F4N4O/c1-17-5-3-7-23(30)26(17)20-10-8-19(9-11-20)22-13-24-27(36-18(2)15-35-24)37(28(22)38)16-25-21(6-4-12-34-25)14-29(31,32)33/h3-7,12-13,15,19-20H,8-11,14,16H2,1-2H3/t19-,20-. The second-order valence-electron chi connectivity index (χ2n) is 10.1. The van der Waals surface area contributed by atoms with Crippen LogP contribution in [0.25, 0.3) is 11.2 Å². The monoisotopic (exact) mass is 524 g/mol. The molecule has 38 heavy (non-hydrogen) atoms. The molecule has 0 radical (unpaired) electrons. The quantitative estimate of drug-likeness (QED) is 0.278. The number of nitrogens with zero attached hydrogens (tertiary/aromatic N) is 4. The minimum absolute atomic E-state index is 0.0202. The van der Waals surface area contributed by atoms with Crippen LogP contribution in [0.15, 0.2) is 53.6 Å². The zero-order chi connectivity index (χ0) is 27.0. The number of aryl methyl sites for hydroxylation is 2. The van der Waals surface area contributed by atoms with Crippen molar-refractivity contribution in [2.45, 2.75) is 70.5 Å². The van der Waals surface area contributed by atoms with Crippen molar-refractivity contribution < 1.29 is 17.6 Å². The predicted molar refractivity (Wildman–Crippen MR) is 137 cm³/mol. The van der Waals surface area contributed by atoms with Crippen LogP contribution in [0.1, 0.15) is 71.2 Å². The van der Waals surface area contributed by atoms with Crippen molar-refractivity contribution in [3.05, 3.63) is 98.6 Å². The minimum Gasteiger partial charge on any atom is -0.285 e. The number of hydrogen-bond donors (Lipinski definition) is 0. The number of halogens is 4. The average Bonchev–Trinajstić information content (AvgIpc) is 2.86. The smallest absolute Gasteiger partial charge is 0.285 e. The fourth-order valence-electron chi connectivity index (χ4n) is 5.67. The summed E-state index contributed by atoms with van der Waals surface area (Å²) in [6.45, 7) is 3.52. The molecule has 1 fully saturated rings. The van der Waals surface area contributed by atoms with Crippen LogP contribution in [0.2, 0.25) is 0 Å². The fourth-order valence-corrected chi connectivity index (χ4v) is 5.67. The zero-order valence-corrected chi connectivity index (χ0v) is 21.2. The summed E-state index contributed by atoms with van der Waals surface area (Å²) in [4.78, 5) is 27.0. The van der Waals surface area contributed by atoms with Gasteiger partial charge in [-0.2, -0.15) is 13.2 Å². The molecular formula is C29H28F4N4O. The summed E-state index contributed by atoms with van der Waals surface area (Å²) in [5, 5.41) is 0. The molecule has 1 aliphatic rings. The Hall–Kier alpha value is -3.62. The first-order valence-corrected chi connectivity index (χ1v) is 12.7. The maximum atomic E-state index is 14.6. The fraction of sp³-hybridized carbons (Fsp3) is 0.379. The third-order valence-corrected chi connectivity index (χ3v) is 7.47. The highest BCUT2D eigenvalue weighted by atomic mass is 19.4. The molecule has 0 saturated heterocycles. The van der Waals surface area contributed by atoms with Crippen LogP contribution in [0.3, 0.4) is 0 Å². The second kappa shape index (κ2) is 10.3. The number of fused-ring (bicyclic) bond motifs is 1. The molecule has 3 aromatic heterocycles. The summed E-state index contributed by atoms with van der Waals surface area (Å²) in [6, 6.07) is 9.72. The van der Waals surface area contributed by atoms with Crippen molar-refractivity contribution in [1.82, 2.24) is 19.5 Å². The maximum Gasteiger partial charge on any atom is 0.393 e. The van der Waals surface area contributed by atoms with Gasteiger partial charge in [0.1, 0.15) is 11.3 Å². The van der Waals surface area contributed by atoms with Gasteiger partial charge in [0.25, 0.3) is 5.56 Å². The summed E-state index contributed by atoms with van der Waals surface area (Å²) in [6.07, 6.45) is 0.358. The lowest BCUT2D eigenvalue weighted by Crippen LogP contribution is -2.29. The first-order valence-electron chi connectivity index (χ1n) is 12.7. The van der Waals surface area contributed by atoms with E-state index in [0.29, 0.717) is 35.3 Å². The van der Waals surface area contributed by atoms with E-state index in [9.17, 15) is 22.4 Å². The molecule has 1 saturated carbocycles. The largest absolute Gasteiger partial charge is 0.393 e. The molecule has 1 aliphatic carbocycles. The SMILES string of the molecule is Cc1cnc2cc([C@H]3CC[C@H](c4c(C)cccc4F)CC3)c(=O)n(Cc3ncccc3CC(F)(F)F)c2n1. The van der Waals surface area contributed by atoms with E-state index in [1.54, 1.807) is 25.3 Å². The number of pyridine rings is 2. The molecular weight excluding hydrogens is 496 g/mol. The highest BCUT2D eigenvalue weighted by molar-refractivity contribution is 5.71. The molecule has 198 valence electrons. The summed E-state index contributed by atoms with van der Waals surface area (Å²) in [7, 11) is 0. The van der Waals surface area contributed by atoms with Gasteiger partial charge in [-0.3, -0.25) is 19.3 Å². The van der Waals surface area contributed by atoms with Gasteiger partial charge in [-0.05, 0) is 86.3 Å². The molecule has 0 bridgehead atoms. The number of benzene rings is 1. The predicted octanol–water partition coefficient (Wildman–Crippen LogP) is 6.54. The van der Waals surface area contributed by atoms with Gasteiger partial charge >= 0.3 is 6.18 Å². The van der Waals surface area contributed by atoms with E-state index >= 15 is 0 Å². The van der Waals surface area contributed by atoms with Gasteiger partial charge in [0.15, 0.2) is 5.65 Å². The van der Waals surface area contributed by atoms with Gasteiger partial charge in [0.2, 0.25) is 0 Å². The Balaban J connectivity index is 1.51. The molecule has 0 atom stereocenters. The highest BCUT2D eigenvalue weighted by Crippen LogP contribution is 2.41. The van der Waals surface area contributed by atoms with E-state index in [-0.39, 0.29) is 41.0 Å². The highest BCUT2D eigenvalue weighted by Gasteiger charge is 2.31. The molecule has 0 N–H and O–H groups in total. The van der Waals surface area contributed by atoms with Crippen LogP contribution in [0.5, 0.6) is 0 Å². The van der Waals surface area contributed by atoms with E-state index in [1.807, 2.05) is 13.0 Å². The topological polar surface area (TPSA) is 60.7 Å². The lowest BCUT2D eigenvalue weighted by molar-refractivity contribution is -0.127. The van der Waals surface area contributed by atoms with E-state index in [2.05, 4.69) is 15.0 Å². The first kappa shape index (κ1) is 26.0. The van der Waals surface area contributed by atoms with Crippen molar-refractivity contribution >= 4 is 11.2 Å². The molecule has 5 nitrogen and oxygen atoms in total. The van der Waals surface area contributed by atoms with Crippen molar-refractivity contribution in [2.24, 2.45) is 0 Å². The normalized spacial score (nSPS) is 18.2. The van der Waals surface area contributed by atoms with Crippen molar-refractivity contribution in [1.29, 1.82) is 0 Å². The van der Waals surface area contributed by atoms with Gasteiger partial charge in [-0.25, -0.2) is 9.37 Å². The van der Waals surface area contributed by atoms with Crippen LogP contribution in [0.4, 0.5) is 17.6 Å². The third kappa shape index (κ3) is 5.33. The minimum atomic E-state index is -4.40. The Bertz CT molecular complexity index is 1520. The second-order valence-corrected chi connectivity index (χ2v) is 10.1. The number of rotatable bonds is 5. The van der Waals surface area contributed by atoms with Crippen molar-refractivity contribution in [3.63, 3.8) is 0 Å². The van der Waals surface area contributed by atoms with Crippen LogP contribution < -0.4 is 5.56 Å². The van der Waals surface area contributed by atoms with Gasteiger partial charge in [0.05, 0.1) is 24.4 Å².